The Labute approximate surface area is 218 Å². The van der Waals surface area contributed by atoms with E-state index < -0.39 is 0 Å². The summed E-state index contributed by atoms with van der Waals surface area (Å²) in [6, 6.07) is 9.80. The molecule has 37 heavy (non-hydrogen) atoms. The summed E-state index contributed by atoms with van der Waals surface area (Å²) in [4.78, 5) is 48.5. The Bertz CT molecular complexity index is 1420. The van der Waals surface area contributed by atoms with Gasteiger partial charge in [-0.05, 0) is 94.8 Å². The highest BCUT2D eigenvalue weighted by Crippen LogP contribution is 2.37. The van der Waals surface area contributed by atoms with Gasteiger partial charge in [0, 0.05) is 58.5 Å². The smallest absolute Gasteiger partial charge is 0.253 e. The Morgan fingerprint density at radius 2 is 1.81 bits per heavy atom. The second-order valence-corrected chi connectivity index (χ2v) is 9.94. The normalized spacial score (nSPS) is 12.9. The third-order valence-corrected chi connectivity index (χ3v) is 7.16. The largest absolute Gasteiger partial charge is 0.348 e. The fourth-order valence-electron chi connectivity index (χ4n) is 4.85. The van der Waals surface area contributed by atoms with Crippen LogP contribution in [0.2, 0.25) is 0 Å². The lowest BCUT2D eigenvalue weighted by Crippen LogP contribution is -2.33. The van der Waals surface area contributed by atoms with Gasteiger partial charge < -0.3 is 15.2 Å². The zero-order valence-corrected chi connectivity index (χ0v) is 22.6. The summed E-state index contributed by atoms with van der Waals surface area (Å²) in [5, 5.41) is 2.94. The molecule has 1 aliphatic carbocycles. The molecule has 1 aliphatic rings. The van der Waals surface area contributed by atoms with Crippen molar-refractivity contribution in [2.45, 2.75) is 67.3 Å². The third kappa shape index (κ3) is 5.50. The standard InChI is InChI=1S/C30H36N4O3/c1-7-23-11-12-24(20(6)33-23)22-14-25(19(5)27(15-22)34(8-2)30(37)21-9-10-21)28(35)31-16-26-17(3)13-18(4)32-29(26)36/h11-15,21H,7-10,16H2,1-6H3,(H,31,35)(H,32,36). The summed E-state index contributed by atoms with van der Waals surface area (Å²) in [6.07, 6.45) is 2.66. The Kier molecular flexibility index (Phi) is 7.62. The number of H-pyrrole nitrogens is 1. The molecule has 2 amide bonds. The van der Waals surface area contributed by atoms with Gasteiger partial charge in [0.05, 0.1) is 0 Å². The second-order valence-electron chi connectivity index (χ2n) is 9.94. The number of aromatic nitrogens is 2. The first kappa shape index (κ1) is 26.3. The number of hydrogen-bond acceptors (Lipinski definition) is 4. The lowest BCUT2D eigenvalue weighted by atomic mass is 9.95. The molecule has 1 saturated carbocycles. The molecule has 0 aliphatic heterocycles. The number of nitrogens with one attached hydrogen (secondary N) is 2. The SMILES string of the molecule is CCc1ccc(-c2cc(C(=O)NCc3c(C)cc(C)[nH]c3=O)c(C)c(N(CC)C(=O)C3CC3)c2)c(C)n1. The highest BCUT2D eigenvalue weighted by atomic mass is 16.2. The van der Waals surface area contributed by atoms with E-state index in [2.05, 4.69) is 17.2 Å². The fraction of sp³-hybridized carbons (Fsp3) is 0.400. The van der Waals surface area contributed by atoms with Crippen molar-refractivity contribution >= 4 is 17.5 Å². The maximum absolute atomic E-state index is 13.5. The molecule has 4 rings (SSSR count). The number of amides is 2. The fourth-order valence-corrected chi connectivity index (χ4v) is 4.85. The van der Waals surface area contributed by atoms with E-state index in [1.807, 2.05) is 65.0 Å². The first-order chi connectivity index (χ1) is 17.6. The van der Waals surface area contributed by atoms with Crippen molar-refractivity contribution in [3.05, 3.63) is 80.0 Å². The van der Waals surface area contributed by atoms with Gasteiger partial charge >= 0.3 is 0 Å². The molecule has 0 unspecified atom stereocenters. The number of rotatable bonds is 8. The first-order valence-corrected chi connectivity index (χ1v) is 13.0. The van der Waals surface area contributed by atoms with Crippen LogP contribution in [0.25, 0.3) is 11.1 Å². The molecule has 1 aromatic carbocycles. The lowest BCUT2D eigenvalue weighted by molar-refractivity contribution is -0.119. The topological polar surface area (TPSA) is 95.2 Å². The zero-order valence-electron chi connectivity index (χ0n) is 22.6. The Morgan fingerprint density at radius 1 is 1.08 bits per heavy atom. The molecule has 1 fully saturated rings. The van der Waals surface area contributed by atoms with E-state index in [1.165, 1.54) is 0 Å². The molecule has 0 saturated heterocycles. The zero-order chi connectivity index (χ0) is 26.9. The molecule has 0 bridgehead atoms. The summed E-state index contributed by atoms with van der Waals surface area (Å²) in [5.74, 6) is -0.124. The molecule has 2 heterocycles. The molecular weight excluding hydrogens is 464 g/mol. The highest BCUT2D eigenvalue weighted by molar-refractivity contribution is 6.03. The van der Waals surface area contributed by atoms with Crippen molar-refractivity contribution in [1.82, 2.24) is 15.3 Å². The van der Waals surface area contributed by atoms with Crippen LogP contribution in [-0.2, 0) is 17.8 Å². The van der Waals surface area contributed by atoms with Gasteiger partial charge in [0.1, 0.15) is 0 Å². The number of nitrogens with zero attached hydrogens (tertiary/aromatic N) is 2. The van der Waals surface area contributed by atoms with Gasteiger partial charge in [-0.25, -0.2) is 0 Å². The number of hydrogen-bond donors (Lipinski definition) is 2. The first-order valence-electron chi connectivity index (χ1n) is 13.0. The Hall–Kier alpha value is -3.74. The van der Waals surface area contributed by atoms with Gasteiger partial charge in [0.15, 0.2) is 0 Å². The van der Waals surface area contributed by atoms with Crippen LogP contribution < -0.4 is 15.8 Å². The number of aromatic amines is 1. The van der Waals surface area contributed by atoms with Crippen LogP contribution in [0.1, 0.15) is 70.8 Å². The van der Waals surface area contributed by atoms with Crippen molar-refractivity contribution in [3.63, 3.8) is 0 Å². The molecule has 7 heteroatoms. The molecule has 194 valence electrons. The average Bonchev–Trinajstić information content (AvgIpc) is 3.70. The molecule has 3 aromatic rings. The molecule has 0 atom stereocenters. The number of carbonyl (C=O) groups is 2. The molecule has 2 N–H and O–H groups in total. The van der Waals surface area contributed by atoms with Crippen molar-refractivity contribution in [2.75, 3.05) is 11.4 Å². The third-order valence-electron chi connectivity index (χ3n) is 7.16. The Balaban J connectivity index is 1.77. The van der Waals surface area contributed by atoms with Crippen molar-refractivity contribution in [3.8, 4) is 11.1 Å². The van der Waals surface area contributed by atoms with Gasteiger partial charge in [0.2, 0.25) is 5.91 Å². The van der Waals surface area contributed by atoms with Crippen LogP contribution in [0.15, 0.2) is 35.1 Å². The lowest BCUT2D eigenvalue weighted by Gasteiger charge is -2.25. The van der Waals surface area contributed by atoms with Crippen molar-refractivity contribution in [1.29, 1.82) is 0 Å². The minimum atomic E-state index is -0.286. The van der Waals surface area contributed by atoms with E-state index in [0.717, 1.165) is 64.3 Å². The predicted octanol–water partition coefficient (Wildman–Crippen LogP) is 4.93. The van der Waals surface area contributed by atoms with Crippen LogP contribution in [0.5, 0.6) is 0 Å². The monoisotopic (exact) mass is 500 g/mol. The van der Waals surface area contributed by atoms with Gasteiger partial charge in [-0.2, -0.15) is 0 Å². The van der Waals surface area contributed by atoms with Gasteiger partial charge in [-0.1, -0.05) is 13.0 Å². The van der Waals surface area contributed by atoms with E-state index in [9.17, 15) is 14.4 Å². The van der Waals surface area contributed by atoms with Crippen molar-refractivity contribution in [2.24, 2.45) is 5.92 Å². The summed E-state index contributed by atoms with van der Waals surface area (Å²) >= 11 is 0. The van der Waals surface area contributed by atoms with Crippen LogP contribution >= 0.6 is 0 Å². The summed E-state index contributed by atoms with van der Waals surface area (Å²) in [5.41, 5.74) is 7.54. The molecular formula is C30H36N4O3. The quantitative estimate of drug-likeness (QED) is 0.459. The Morgan fingerprint density at radius 3 is 2.41 bits per heavy atom. The van der Waals surface area contributed by atoms with Gasteiger partial charge in [-0.3, -0.25) is 19.4 Å². The molecule has 0 spiro atoms. The molecule has 7 nitrogen and oxygen atoms in total. The number of benzene rings is 1. The van der Waals surface area contributed by atoms with Crippen LogP contribution in [0.3, 0.4) is 0 Å². The molecule has 0 radical (unpaired) electrons. The average molecular weight is 501 g/mol. The maximum Gasteiger partial charge on any atom is 0.253 e. The van der Waals surface area contributed by atoms with E-state index in [4.69, 9.17) is 4.98 Å². The van der Waals surface area contributed by atoms with Crippen LogP contribution in [0.4, 0.5) is 5.69 Å². The van der Waals surface area contributed by atoms with E-state index in [1.54, 1.807) is 4.90 Å². The van der Waals surface area contributed by atoms with E-state index in [-0.39, 0.29) is 29.8 Å². The van der Waals surface area contributed by atoms with Crippen LogP contribution in [0, 0.1) is 33.6 Å². The molecule has 2 aromatic heterocycles. The van der Waals surface area contributed by atoms with Gasteiger partial charge in [-0.15, -0.1) is 0 Å². The number of anilines is 1. The van der Waals surface area contributed by atoms with Crippen molar-refractivity contribution < 1.29 is 9.59 Å². The van der Waals surface area contributed by atoms with E-state index >= 15 is 0 Å². The minimum Gasteiger partial charge on any atom is -0.348 e. The van der Waals surface area contributed by atoms with E-state index in [0.29, 0.717) is 17.7 Å². The summed E-state index contributed by atoms with van der Waals surface area (Å²) in [6.45, 7) is 12.2. The van der Waals surface area contributed by atoms with Gasteiger partial charge in [0.25, 0.3) is 11.5 Å². The second kappa shape index (κ2) is 10.7. The number of aryl methyl sites for hydroxylation is 4. The maximum atomic E-state index is 13.5. The van der Waals surface area contributed by atoms with Crippen LogP contribution in [-0.4, -0.2) is 28.3 Å². The predicted molar refractivity (Wildman–Crippen MR) is 147 cm³/mol. The number of pyridine rings is 2. The minimum absolute atomic E-state index is 0.0590. The number of carbonyl (C=O) groups excluding carboxylic acids is 2. The summed E-state index contributed by atoms with van der Waals surface area (Å²) in [7, 11) is 0. The highest BCUT2D eigenvalue weighted by Gasteiger charge is 2.34. The summed E-state index contributed by atoms with van der Waals surface area (Å²) < 4.78 is 0.